The molecule has 142 valence electrons. The molecule has 0 N–H and O–H groups in total. The van der Waals surface area contributed by atoms with Gasteiger partial charge in [0.05, 0.1) is 13.4 Å². The molecule has 0 bridgehead atoms. The molecule has 7 heteroatoms. The van der Waals surface area contributed by atoms with Gasteiger partial charge < -0.3 is 9.15 Å². The first-order valence-corrected chi connectivity index (χ1v) is 9.76. The van der Waals surface area contributed by atoms with E-state index in [1.165, 1.54) is 0 Å². The second kappa shape index (κ2) is 8.43. The van der Waals surface area contributed by atoms with Gasteiger partial charge in [0, 0.05) is 23.4 Å². The van der Waals surface area contributed by atoms with E-state index in [1.54, 1.807) is 38.1 Å². The second-order valence-electron chi connectivity index (χ2n) is 6.66. The van der Waals surface area contributed by atoms with Crippen LogP contribution in [0.5, 0.6) is 5.75 Å². The van der Waals surface area contributed by atoms with E-state index in [-0.39, 0.29) is 5.78 Å². The third-order valence-corrected chi connectivity index (χ3v) is 5.07. The number of ketones is 1. The fourth-order valence-corrected chi connectivity index (χ4v) is 3.69. The highest BCUT2D eigenvalue weighted by atomic mass is 32.2. The standard InChI is InChI=1S/C20H23N3O3S/c1-13(2)11-23-19(18-6-5-9-26-18)21-22-20(23)27-12-16-10-15(14(3)24)7-8-17(16)25-4/h5-10,13H,11-12H2,1-4H3. The molecule has 27 heavy (non-hydrogen) atoms. The predicted octanol–water partition coefficient (Wildman–Crippen LogP) is 4.70. The van der Waals surface area contributed by atoms with Gasteiger partial charge in [0.15, 0.2) is 22.5 Å². The van der Waals surface area contributed by atoms with E-state index >= 15 is 0 Å². The molecule has 0 saturated carbocycles. The van der Waals surface area contributed by atoms with E-state index < -0.39 is 0 Å². The van der Waals surface area contributed by atoms with Crippen molar-refractivity contribution in [2.45, 2.75) is 38.2 Å². The van der Waals surface area contributed by atoms with Gasteiger partial charge in [-0.1, -0.05) is 25.6 Å². The van der Waals surface area contributed by atoms with Gasteiger partial charge in [-0.05, 0) is 43.2 Å². The van der Waals surface area contributed by atoms with E-state index in [9.17, 15) is 4.79 Å². The van der Waals surface area contributed by atoms with Crippen molar-refractivity contribution >= 4 is 17.5 Å². The molecule has 2 heterocycles. The van der Waals surface area contributed by atoms with Crippen LogP contribution in [0.4, 0.5) is 0 Å². The lowest BCUT2D eigenvalue weighted by Gasteiger charge is -2.13. The molecule has 0 aliphatic rings. The summed E-state index contributed by atoms with van der Waals surface area (Å²) in [5, 5.41) is 9.50. The van der Waals surface area contributed by atoms with Crippen LogP contribution < -0.4 is 4.74 Å². The molecule has 3 aromatic rings. The molecule has 0 unspecified atom stereocenters. The highest BCUT2D eigenvalue weighted by molar-refractivity contribution is 7.98. The number of thioether (sulfide) groups is 1. The zero-order chi connectivity index (χ0) is 19.4. The molecular weight excluding hydrogens is 362 g/mol. The first kappa shape index (κ1) is 19.2. The fourth-order valence-electron chi connectivity index (χ4n) is 2.77. The van der Waals surface area contributed by atoms with Gasteiger partial charge in [0.1, 0.15) is 5.75 Å². The fraction of sp³-hybridized carbons (Fsp3) is 0.350. The van der Waals surface area contributed by atoms with Crippen LogP contribution in [0.2, 0.25) is 0 Å². The Balaban J connectivity index is 1.88. The van der Waals surface area contributed by atoms with Crippen LogP contribution in [-0.4, -0.2) is 27.7 Å². The number of nitrogens with zero attached hydrogens (tertiary/aromatic N) is 3. The normalized spacial score (nSPS) is 11.1. The van der Waals surface area contributed by atoms with Crippen molar-refractivity contribution in [2.75, 3.05) is 7.11 Å². The Bertz CT molecular complexity index is 917. The minimum atomic E-state index is 0.0342. The average molecular weight is 385 g/mol. The van der Waals surface area contributed by atoms with Gasteiger partial charge in [0.25, 0.3) is 0 Å². The molecule has 6 nitrogen and oxygen atoms in total. The van der Waals surface area contributed by atoms with Crippen molar-refractivity contribution in [3.8, 4) is 17.3 Å². The van der Waals surface area contributed by atoms with Crippen LogP contribution in [0.3, 0.4) is 0 Å². The maximum absolute atomic E-state index is 11.7. The Morgan fingerprint density at radius 1 is 1.30 bits per heavy atom. The van der Waals surface area contributed by atoms with Gasteiger partial charge in [-0.3, -0.25) is 9.36 Å². The van der Waals surface area contributed by atoms with E-state index in [1.807, 2.05) is 24.3 Å². The summed E-state index contributed by atoms with van der Waals surface area (Å²) >= 11 is 1.57. The van der Waals surface area contributed by atoms with Gasteiger partial charge in [-0.2, -0.15) is 0 Å². The van der Waals surface area contributed by atoms with Gasteiger partial charge in [0.2, 0.25) is 0 Å². The van der Waals surface area contributed by atoms with Gasteiger partial charge in [-0.25, -0.2) is 0 Å². The summed E-state index contributed by atoms with van der Waals surface area (Å²) in [6.07, 6.45) is 1.63. The quantitative estimate of drug-likeness (QED) is 0.413. The van der Waals surface area contributed by atoms with Crippen molar-refractivity contribution in [1.29, 1.82) is 0 Å². The van der Waals surface area contributed by atoms with Crippen LogP contribution in [0, 0.1) is 5.92 Å². The van der Waals surface area contributed by atoms with Crippen molar-refractivity contribution in [3.05, 3.63) is 47.7 Å². The third kappa shape index (κ3) is 4.42. The van der Waals surface area contributed by atoms with E-state index in [0.717, 1.165) is 28.8 Å². The van der Waals surface area contributed by atoms with E-state index in [0.29, 0.717) is 23.0 Å². The van der Waals surface area contributed by atoms with Crippen LogP contribution in [0.15, 0.2) is 46.2 Å². The Labute approximate surface area is 162 Å². The van der Waals surface area contributed by atoms with Crippen molar-refractivity contribution in [3.63, 3.8) is 0 Å². The number of hydrogen-bond acceptors (Lipinski definition) is 6. The molecule has 2 aromatic heterocycles. The van der Waals surface area contributed by atoms with Gasteiger partial charge in [-0.15, -0.1) is 10.2 Å². The van der Waals surface area contributed by atoms with E-state index in [2.05, 4.69) is 28.6 Å². The average Bonchev–Trinajstić information content (AvgIpc) is 3.29. The molecular formula is C20H23N3O3S. The molecule has 1 aromatic carbocycles. The van der Waals surface area contributed by atoms with Crippen LogP contribution in [0.1, 0.15) is 36.7 Å². The molecule has 0 atom stereocenters. The summed E-state index contributed by atoms with van der Waals surface area (Å²) < 4.78 is 13.0. The zero-order valence-electron chi connectivity index (χ0n) is 15.9. The lowest BCUT2D eigenvalue weighted by Crippen LogP contribution is -2.07. The number of carbonyl (C=O) groups excluding carboxylic acids is 1. The Hall–Kier alpha value is -2.54. The molecule has 0 amide bonds. The number of Topliss-reactive ketones (excluding diaryl/α,β-unsaturated/α-hetero) is 1. The van der Waals surface area contributed by atoms with Crippen LogP contribution in [-0.2, 0) is 12.3 Å². The van der Waals surface area contributed by atoms with Crippen LogP contribution >= 0.6 is 11.8 Å². The highest BCUT2D eigenvalue weighted by Gasteiger charge is 2.18. The number of methoxy groups -OCH3 is 1. The van der Waals surface area contributed by atoms with E-state index in [4.69, 9.17) is 9.15 Å². The molecule has 0 aliphatic heterocycles. The van der Waals surface area contributed by atoms with Crippen molar-refractivity contribution in [2.24, 2.45) is 5.92 Å². The minimum Gasteiger partial charge on any atom is -0.496 e. The highest BCUT2D eigenvalue weighted by Crippen LogP contribution is 2.31. The number of benzene rings is 1. The SMILES string of the molecule is COc1ccc(C(C)=O)cc1CSc1nnc(-c2ccco2)n1CC(C)C. The summed E-state index contributed by atoms with van der Waals surface area (Å²) in [7, 11) is 1.63. The molecule has 0 radical (unpaired) electrons. The summed E-state index contributed by atoms with van der Waals surface area (Å²) in [5.74, 6) is 3.27. The predicted molar refractivity (Wildman–Crippen MR) is 105 cm³/mol. The molecule has 0 saturated heterocycles. The minimum absolute atomic E-state index is 0.0342. The zero-order valence-corrected chi connectivity index (χ0v) is 16.7. The Morgan fingerprint density at radius 3 is 2.74 bits per heavy atom. The topological polar surface area (TPSA) is 70.2 Å². The maximum Gasteiger partial charge on any atom is 0.200 e. The molecule has 0 spiro atoms. The third-order valence-electron chi connectivity index (χ3n) is 4.05. The number of hydrogen-bond donors (Lipinski definition) is 0. The maximum atomic E-state index is 11.7. The smallest absolute Gasteiger partial charge is 0.200 e. The summed E-state index contributed by atoms with van der Waals surface area (Å²) in [4.78, 5) is 11.7. The number of aromatic nitrogens is 3. The number of rotatable bonds is 8. The lowest BCUT2D eigenvalue weighted by atomic mass is 10.1. The first-order valence-electron chi connectivity index (χ1n) is 8.77. The Kier molecular flexibility index (Phi) is 6.01. The molecule has 0 aliphatic carbocycles. The van der Waals surface area contributed by atoms with Crippen molar-refractivity contribution in [1.82, 2.24) is 14.8 Å². The van der Waals surface area contributed by atoms with Gasteiger partial charge >= 0.3 is 0 Å². The van der Waals surface area contributed by atoms with Crippen LogP contribution in [0.25, 0.3) is 11.6 Å². The lowest BCUT2D eigenvalue weighted by molar-refractivity contribution is 0.101. The summed E-state index contributed by atoms with van der Waals surface area (Å²) in [5.41, 5.74) is 1.63. The second-order valence-corrected chi connectivity index (χ2v) is 7.60. The summed E-state index contributed by atoms with van der Waals surface area (Å²) in [6, 6.07) is 9.22. The summed E-state index contributed by atoms with van der Waals surface area (Å²) in [6.45, 7) is 6.66. The Morgan fingerprint density at radius 2 is 2.11 bits per heavy atom. The van der Waals surface area contributed by atoms with Crippen molar-refractivity contribution < 1.29 is 13.9 Å². The molecule has 3 rings (SSSR count). The molecule has 0 fully saturated rings. The first-order chi connectivity index (χ1) is 13.0. The largest absolute Gasteiger partial charge is 0.496 e. The number of carbonyl (C=O) groups is 1. The number of ether oxygens (including phenoxy) is 1. The number of furan rings is 1. The monoisotopic (exact) mass is 385 g/mol.